The lowest BCUT2D eigenvalue weighted by atomic mass is 10.1. The fraction of sp³-hybridized carbons (Fsp3) is 0.188. The van der Waals surface area contributed by atoms with E-state index in [0.717, 1.165) is 11.6 Å². The lowest BCUT2D eigenvalue weighted by Crippen LogP contribution is -2.39. The van der Waals surface area contributed by atoms with Crippen molar-refractivity contribution in [2.24, 2.45) is 0 Å². The van der Waals surface area contributed by atoms with Gasteiger partial charge in [0.1, 0.15) is 5.82 Å². The Kier molecular flexibility index (Phi) is 4.90. The van der Waals surface area contributed by atoms with E-state index in [9.17, 15) is 14.3 Å². The van der Waals surface area contributed by atoms with Crippen molar-refractivity contribution in [3.05, 3.63) is 65.5 Å². The lowest BCUT2D eigenvalue weighted by Gasteiger charge is -2.17. The molecule has 0 heterocycles. The molecule has 0 spiro atoms. The number of carbonyl (C=O) groups excluding carboxylic acids is 1. The first kappa shape index (κ1) is 15.0. The first-order chi connectivity index (χ1) is 10.1. The maximum atomic E-state index is 13.0. The van der Waals surface area contributed by atoms with Gasteiger partial charge in [-0.2, -0.15) is 0 Å². The van der Waals surface area contributed by atoms with Gasteiger partial charge in [0.05, 0.1) is 18.2 Å². The Balaban J connectivity index is 2.06. The van der Waals surface area contributed by atoms with E-state index >= 15 is 0 Å². The number of rotatable bonds is 5. The second-order valence-corrected chi connectivity index (χ2v) is 4.77. The highest BCUT2D eigenvalue weighted by atomic mass is 19.1. The Bertz CT molecular complexity index is 617. The van der Waals surface area contributed by atoms with Crippen LogP contribution in [-0.2, 0) is 6.42 Å². The molecule has 0 aliphatic carbocycles. The molecule has 2 aromatic rings. The number of nitrogens with one attached hydrogen (secondary N) is 1. The summed E-state index contributed by atoms with van der Waals surface area (Å²) in [4.78, 5) is 12.1. The summed E-state index contributed by atoms with van der Waals surface area (Å²) in [5, 5.41) is 12.1. The first-order valence-electron chi connectivity index (χ1n) is 6.61. The van der Waals surface area contributed by atoms with E-state index in [2.05, 4.69) is 5.32 Å². The molecule has 2 aromatic carbocycles. The predicted octanol–water partition coefficient (Wildman–Crippen LogP) is 1.74. The van der Waals surface area contributed by atoms with Gasteiger partial charge in [-0.05, 0) is 30.2 Å². The number of anilines is 1. The van der Waals surface area contributed by atoms with Crippen LogP contribution in [0.25, 0.3) is 0 Å². The number of halogens is 1. The van der Waals surface area contributed by atoms with Crippen LogP contribution < -0.4 is 11.1 Å². The zero-order valence-corrected chi connectivity index (χ0v) is 11.4. The van der Waals surface area contributed by atoms with E-state index in [1.807, 2.05) is 30.3 Å². The zero-order chi connectivity index (χ0) is 15.2. The van der Waals surface area contributed by atoms with Crippen LogP contribution >= 0.6 is 0 Å². The molecule has 5 heteroatoms. The van der Waals surface area contributed by atoms with Crippen molar-refractivity contribution in [2.75, 3.05) is 12.3 Å². The standard InChI is InChI=1S/C16H17FN2O2/c17-12-6-7-14(15(18)9-12)16(21)19-13(10-20)8-11-4-2-1-3-5-11/h1-7,9,13,20H,8,10,18H2,(H,19,21)/t13-/m1/s1. The number of amides is 1. The van der Waals surface area contributed by atoms with Gasteiger partial charge in [-0.15, -0.1) is 0 Å². The number of benzene rings is 2. The molecule has 0 radical (unpaired) electrons. The average molecular weight is 288 g/mol. The molecule has 0 aliphatic heterocycles. The highest BCUT2D eigenvalue weighted by Gasteiger charge is 2.15. The van der Waals surface area contributed by atoms with E-state index in [4.69, 9.17) is 5.73 Å². The maximum absolute atomic E-state index is 13.0. The van der Waals surface area contributed by atoms with Crippen molar-refractivity contribution in [3.8, 4) is 0 Å². The Labute approximate surface area is 122 Å². The van der Waals surface area contributed by atoms with Gasteiger partial charge in [-0.25, -0.2) is 4.39 Å². The van der Waals surface area contributed by atoms with E-state index in [-0.39, 0.29) is 17.9 Å². The predicted molar refractivity (Wildman–Crippen MR) is 79.3 cm³/mol. The van der Waals surface area contributed by atoms with Gasteiger partial charge in [0, 0.05) is 5.69 Å². The molecule has 0 aromatic heterocycles. The molecule has 0 aliphatic rings. The van der Waals surface area contributed by atoms with Gasteiger partial charge < -0.3 is 16.2 Å². The molecule has 21 heavy (non-hydrogen) atoms. The molecular weight excluding hydrogens is 271 g/mol. The number of nitrogens with two attached hydrogens (primary N) is 1. The van der Waals surface area contributed by atoms with Crippen LogP contribution in [0.5, 0.6) is 0 Å². The maximum Gasteiger partial charge on any atom is 0.253 e. The van der Waals surface area contributed by atoms with Crippen LogP contribution in [-0.4, -0.2) is 23.7 Å². The third kappa shape index (κ3) is 4.03. The van der Waals surface area contributed by atoms with E-state index in [1.54, 1.807) is 0 Å². The van der Waals surface area contributed by atoms with E-state index in [1.165, 1.54) is 12.1 Å². The average Bonchev–Trinajstić information content (AvgIpc) is 2.47. The molecule has 110 valence electrons. The molecule has 4 N–H and O–H groups in total. The molecule has 2 rings (SSSR count). The largest absolute Gasteiger partial charge is 0.398 e. The highest BCUT2D eigenvalue weighted by Crippen LogP contribution is 2.14. The highest BCUT2D eigenvalue weighted by molar-refractivity contribution is 5.99. The summed E-state index contributed by atoms with van der Waals surface area (Å²) >= 11 is 0. The lowest BCUT2D eigenvalue weighted by molar-refractivity contribution is 0.0917. The van der Waals surface area contributed by atoms with Gasteiger partial charge in [0.25, 0.3) is 5.91 Å². The second kappa shape index (κ2) is 6.85. The number of aliphatic hydroxyl groups is 1. The minimum Gasteiger partial charge on any atom is -0.398 e. The first-order valence-corrected chi connectivity index (χ1v) is 6.61. The van der Waals surface area contributed by atoms with Crippen LogP contribution in [0, 0.1) is 5.82 Å². The fourth-order valence-electron chi connectivity index (χ4n) is 2.06. The zero-order valence-electron chi connectivity index (χ0n) is 11.4. The van der Waals surface area contributed by atoms with Crippen LogP contribution in [0.15, 0.2) is 48.5 Å². The molecule has 4 nitrogen and oxygen atoms in total. The van der Waals surface area contributed by atoms with Crippen molar-refractivity contribution in [3.63, 3.8) is 0 Å². The van der Waals surface area contributed by atoms with Gasteiger partial charge in [-0.3, -0.25) is 4.79 Å². The smallest absolute Gasteiger partial charge is 0.253 e. The van der Waals surface area contributed by atoms with Gasteiger partial charge in [0.2, 0.25) is 0 Å². The Morgan fingerprint density at radius 2 is 1.95 bits per heavy atom. The molecule has 0 fully saturated rings. The minimum atomic E-state index is -0.493. The Morgan fingerprint density at radius 1 is 1.24 bits per heavy atom. The summed E-state index contributed by atoms with van der Waals surface area (Å²) < 4.78 is 13.0. The number of hydrogen-bond donors (Lipinski definition) is 3. The van der Waals surface area contributed by atoms with Crippen LogP contribution in [0.3, 0.4) is 0 Å². The van der Waals surface area contributed by atoms with Gasteiger partial charge >= 0.3 is 0 Å². The van der Waals surface area contributed by atoms with Crippen molar-refractivity contribution in [1.29, 1.82) is 0 Å². The van der Waals surface area contributed by atoms with E-state index < -0.39 is 17.8 Å². The SMILES string of the molecule is Nc1cc(F)ccc1C(=O)N[C@@H](CO)Cc1ccccc1. The molecular formula is C16H17FN2O2. The number of hydrogen-bond acceptors (Lipinski definition) is 3. The topological polar surface area (TPSA) is 75.4 Å². The van der Waals surface area contributed by atoms with Crippen LogP contribution in [0.4, 0.5) is 10.1 Å². The quantitative estimate of drug-likeness (QED) is 0.734. The van der Waals surface area contributed by atoms with Crippen molar-refractivity contribution in [1.82, 2.24) is 5.32 Å². The minimum absolute atomic E-state index is 0.0731. The normalized spacial score (nSPS) is 11.9. The number of carbonyl (C=O) groups is 1. The number of aliphatic hydroxyl groups excluding tert-OH is 1. The van der Waals surface area contributed by atoms with Crippen LogP contribution in [0.2, 0.25) is 0 Å². The Hall–Kier alpha value is -2.40. The Morgan fingerprint density at radius 3 is 2.57 bits per heavy atom. The van der Waals surface area contributed by atoms with Crippen LogP contribution in [0.1, 0.15) is 15.9 Å². The van der Waals surface area contributed by atoms with Gasteiger partial charge in [-0.1, -0.05) is 30.3 Å². The second-order valence-electron chi connectivity index (χ2n) is 4.77. The van der Waals surface area contributed by atoms with E-state index in [0.29, 0.717) is 6.42 Å². The molecule has 1 amide bonds. The number of nitrogen functional groups attached to an aromatic ring is 1. The monoisotopic (exact) mass is 288 g/mol. The molecule has 0 unspecified atom stereocenters. The summed E-state index contributed by atoms with van der Waals surface area (Å²) in [6.07, 6.45) is 0.504. The third-order valence-electron chi connectivity index (χ3n) is 3.14. The summed E-state index contributed by atoms with van der Waals surface area (Å²) in [6, 6.07) is 12.7. The molecule has 0 bridgehead atoms. The van der Waals surface area contributed by atoms with Crippen molar-refractivity contribution >= 4 is 11.6 Å². The summed E-state index contributed by atoms with van der Waals surface area (Å²) in [7, 11) is 0. The fourth-order valence-corrected chi connectivity index (χ4v) is 2.06. The molecule has 0 saturated carbocycles. The molecule has 1 atom stereocenters. The van der Waals surface area contributed by atoms with Crippen molar-refractivity contribution < 1.29 is 14.3 Å². The van der Waals surface area contributed by atoms with Crippen molar-refractivity contribution in [2.45, 2.75) is 12.5 Å². The third-order valence-corrected chi connectivity index (χ3v) is 3.14. The molecule has 0 saturated heterocycles. The van der Waals surface area contributed by atoms with Gasteiger partial charge in [0.15, 0.2) is 0 Å². The summed E-state index contributed by atoms with van der Waals surface area (Å²) in [5.74, 6) is -0.922. The summed E-state index contributed by atoms with van der Waals surface area (Å²) in [6.45, 7) is -0.193. The summed E-state index contributed by atoms with van der Waals surface area (Å²) in [5.41, 5.74) is 6.90.